The second-order valence-electron chi connectivity index (χ2n) is 10.5. The number of aliphatic hydroxyl groups excluding tert-OH is 1. The lowest BCUT2D eigenvalue weighted by Crippen LogP contribution is -2.68. The highest BCUT2D eigenvalue weighted by Gasteiger charge is 2.52. The minimum atomic E-state index is -2.71. The van der Waals surface area contributed by atoms with Gasteiger partial charge in [0.15, 0.2) is 0 Å². The van der Waals surface area contributed by atoms with Gasteiger partial charge in [-0.1, -0.05) is 106 Å². The van der Waals surface area contributed by atoms with Gasteiger partial charge in [-0.2, -0.15) is 0 Å². The van der Waals surface area contributed by atoms with Gasteiger partial charge in [0, 0.05) is 6.42 Å². The molecule has 2 unspecified atom stereocenters. The number of benzene rings is 3. The van der Waals surface area contributed by atoms with Gasteiger partial charge in [0.1, 0.15) is 5.75 Å². The van der Waals surface area contributed by atoms with Crippen LogP contribution in [0.2, 0.25) is 5.04 Å². The largest absolute Gasteiger partial charge is 0.534 e. The summed E-state index contributed by atoms with van der Waals surface area (Å²) in [5.74, 6) is 0.815. The topological polar surface area (TPSA) is 49.7 Å². The zero-order valence-electron chi connectivity index (χ0n) is 20.0. The normalized spacial score (nSPS) is 21.5. The molecule has 0 spiro atoms. The van der Waals surface area contributed by atoms with Crippen LogP contribution in [0.5, 0.6) is 5.75 Å². The third kappa shape index (κ3) is 4.79. The number of hydrogen-bond donors (Lipinski definition) is 2. The van der Waals surface area contributed by atoms with Crippen molar-refractivity contribution in [3.05, 3.63) is 90.5 Å². The quantitative estimate of drug-likeness (QED) is 0.518. The molecule has 4 heteroatoms. The van der Waals surface area contributed by atoms with E-state index in [4.69, 9.17) is 4.43 Å². The molecule has 3 nitrogen and oxygen atoms in total. The van der Waals surface area contributed by atoms with Crippen LogP contribution in [0.4, 0.5) is 0 Å². The van der Waals surface area contributed by atoms with Crippen LogP contribution in [0.1, 0.15) is 52.0 Å². The monoisotopic (exact) mass is 460 g/mol. The highest BCUT2D eigenvalue weighted by Crippen LogP contribution is 2.38. The van der Waals surface area contributed by atoms with Gasteiger partial charge in [-0.3, -0.25) is 0 Å². The Bertz CT molecular complexity index is 1010. The van der Waals surface area contributed by atoms with Gasteiger partial charge in [-0.25, -0.2) is 0 Å². The molecule has 33 heavy (non-hydrogen) atoms. The summed E-state index contributed by atoms with van der Waals surface area (Å²) in [6.07, 6.45) is 2.98. The van der Waals surface area contributed by atoms with Gasteiger partial charge < -0.3 is 14.6 Å². The summed E-state index contributed by atoms with van der Waals surface area (Å²) in [6, 6.07) is 29.3. The minimum absolute atomic E-state index is 0.122. The zero-order valence-corrected chi connectivity index (χ0v) is 21.0. The summed E-state index contributed by atoms with van der Waals surface area (Å²) in [5.41, 5.74) is -0.0669. The van der Waals surface area contributed by atoms with E-state index in [9.17, 15) is 10.2 Å². The second-order valence-corrected chi connectivity index (χ2v) is 14.7. The standard InChI is InChI=1S/C29H36O3Si/c1-28(2,3)33(25-15-6-4-7-16-25,26-17-8-5-9-18-26)32-24-14-12-13-23(21-24)22-29(31)20-11-10-19-27(29)30/h4-9,12-18,21,27,30-31H,10-11,19-20,22H2,1-3H3. The van der Waals surface area contributed by atoms with Crippen LogP contribution in [0, 0.1) is 0 Å². The third-order valence-electron chi connectivity index (χ3n) is 7.05. The molecule has 3 aromatic carbocycles. The molecule has 0 amide bonds. The van der Waals surface area contributed by atoms with Gasteiger partial charge in [-0.05, 0) is 45.9 Å². The first-order valence-corrected chi connectivity index (χ1v) is 13.9. The van der Waals surface area contributed by atoms with E-state index < -0.39 is 20.0 Å². The summed E-state index contributed by atoms with van der Waals surface area (Å²) in [6.45, 7) is 6.80. The Labute approximate surface area is 199 Å². The van der Waals surface area contributed by atoms with Crippen LogP contribution in [0.15, 0.2) is 84.9 Å². The smallest absolute Gasteiger partial charge is 0.319 e. The summed E-state index contributed by atoms with van der Waals surface area (Å²) < 4.78 is 7.12. The molecular weight excluding hydrogens is 424 g/mol. The van der Waals surface area contributed by atoms with Gasteiger partial charge in [-0.15, -0.1) is 0 Å². The van der Waals surface area contributed by atoms with Crippen LogP contribution in [0.25, 0.3) is 0 Å². The predicted octanol–water partition coefficient (Wildman–Crippen LogP) is 4.83. The Balaban J connectivity index is 1.76. The molecule has 2 N–H and O–H groups in total. The maximum absolute atomic E-state index is 11.1. The highest BCUT2D eigenvalue weighted by molar-refractivity contribution is 7.00. The van der Waals surface area contributed by atoms with Crippen molar-refractivity contribution in [2.45, 2.75) is 69.6 Å². The van der Waals surface area contributed by atoms with E-state index in [0.717, 1.165) is 24.2 Å². The van der Waals surface area contributed by atoms with Crippen molar-refractivity contribution in [3.8, 4) is 5.75 Å². The fourth-order valence-corrected chi connectivity index (χ4v) is 9.72. The lowest BCUT2D eigenvalue weighted by Gasteiger charge is -2.43. The number of hydrogen-bond acceptors (Lipinski definition) is 3. The average Bonchev–Trinajstić information content (AvgIpc) is 2.80. The van der Waals surface area contributed by atoms with Crippen LogP contribution in [-0.4, -0.2) is 30.2 Å². The maximum atomic E-state index is 11.1. The maximum Gasteiger partial charge on any atom is 0.319 e. The van der Waals surface area contributed by atoms with Crippen molar-refractivity contribution in [2.75, 3.05) is 0 Å². The van der Waals surface area contributed by atoms with Crippen LogP contribution < -0.4 is 14.8 Å². The summed E-state index contributed by atoms with van der Waals surface area (Å²) in [7, 11) is -2.71. The predicted molar refractivity (Wildman–Crippen MR) is 138 cm³/mol. The Morgan fingerprint density at radius 1 is 0.879 bits per heavy atom. The van der Waals surface area contributed by atoms with E-state index in [1.165, 1.54) is 10.4 Å². The molecule has 1 saturated carbocycles. The van der Waals surface area contributed by atoms with E-state index >= 15 is 0 Å². The van der Waals surface area contributed by atoms with E-state index in [1.54, 1.807) is 0 Å². The lowest BCUT2D eigenvalue weighted by atomic mass is 9.78. The van der Waals surface area contributed by atoms with E-state index in [-0.39, 0.29) is 5.04 Å². The number of aliphatic hydroxyl groups is 2. The molecule has 0 aromatic heterocycles. The van der Waals surface area contributed by atoms with E-state index in [2.05, 4.69) is 75.4 Å². The fourth-order valence-electron chi connectivity index (χ4n) is 5.31. The van der Waals surface area contributed by atoms with Crippen molar-refractivity contribution < 1.29 is 14.6 Å². The first-order valence-electron chi connectivity index (χ1n) is 12.0. The van der Waals surface area contributed by atoms with Crippen molar-refractivity contribution in [1.29, 1.82) is 0 Å². The van der Waals surface area contributed by atoms with Crippen LogP contribution in [0.3, 0.4) is 0 Å². The zero-order chi connectivity index (χ0) is 23.5. The van der Waals surface area contributed by atoms with E-state index in [1.807, 2.05) is 30.3 Å². The average molecular weight is 461 g/mol. The fraction of sp³-hybridized carbons (Fsp3) is 0.379. The Morgan fingerprint density at radius 3 is 2.03 bits per heavy atom. The summed E-state index contributed by atoms with van der Waals surface area (Å²) in [5, 5.41) is 23.9. The second kappa shape index (κ2) is 9.45. The highest BCUT2D eigenvalue weighted by atomic mass is 28.4. The molecule has 2 atom stereocenters. The molecule has 0 bridgehead atoms. The molecular formula is C29H36O3Si. The summed E-state index contributed by atoms with van der Waals surface area (Å²) in [4.78, 5) is 0. The van der Waals surface area contributed by atoms with Crippen molar-refractivity contribution in [3.63, 3.8) is 0 Å². The Kier molecular flexibility index (Phi) is 6.80. The molecule has 0 radical (unpaired) electrons. The molecule has 0 heterocycles. The van der Waals surface area contributed by atoms with Crippen molar-refractivity contribution >= 4 is 18.7 Å². The van der Waals surface area contributed by atoms with Crippen LogP contribution in [-0.2, 0) is 6.42 Å². The molecule has 0 saturated heterocycles. The van der Waals surface area contributed by atoms with Gasteiger partial charge >= 0.3 is 8.32 Å². The lowest BCUT2D eigenvalue weighted by molar-refractivity contribution is -0.0988. The minimum Gasteiger partial charge on any atom is -0.534 e. The van der Waals surface area contributed by atoms with E-state index in [0.29, 0.717) is 19.3 Å². The van der Waals surface area contributed by atoms with Gasteiger partial charge in [0.2, 0.25) is 0 Å². The molecule has 4 rings (SSSR count). The first kappa shape index (κ1) is 23.7. The third-order valence-corrected chi connectivity index (χ3v) is 12.0. The molecule has 1 aliphatic rings. The number of rotatable bonds is 6. The molecule has 3 aromatic rings. The Morgan fingerprint density at radius 2 is 1.48 bits per heavy atom. The molecule has 1 fully saturated rings. The van der Waals surface area contributed by atoms with Crippen LogP contribution >= 0.6 is 0 Å². The van der Waals surface area contributed by atoms with Crippen molar-refractivity contribution in [2.24, 2.45) is 0 Å². The van der Waals surface area contributed by atoms with Crippen molar-refractivity contribution in [1.82, 2.24) is 0 Å². The first-order chi connectivity index (χ1) is 15.7. The summed E-state index contributed by atoms with van der Waals surface area (Å²) >= 11 is 0. The molecule has 174 valence electrons. The van der Waals surface area contributed by atoms with Gasteiger partial charge in [0.25, 0.3) is 0 Å². The SMILES string of the molecule is CC(C)(C)[Si](Oc1cccc(CC2(O)CCCCC2O)c1)(c1ccccc1)c1ccccc1. The van der Waals surface area contributed by atoms with Gasteiger partial charge in [0.05, 0.1) is 11.7 Å². The molecule has 0 aliphatic heterocycles. The molecule has 1 aliphatic carbocycles. The Hall–Kier alpha value is -2.40.